The third-order valence-corrected chi connectivity index (χ3v) is 3.27. The highest BCUT2D eigenvalue weighted by Gasteiger charge is 2.14. The first-order valence-corrected chi connectivity index (χ1v) is 6.04. The SMILES string of the molecule is O=C(O)Cc1nn2c(-c3ccccc3)nnc2s1. The summed E-state index contributed by atoms with van der Waals surface area (Å²) >= 11 is 1.24. The molecule has 0 radical (unpaired) electrons. The Morgan fingerprint density at radius 1 is 1.28 bits per heavy atom. The molecule has 0 aliphatic heterocycles. The van der Waals surface area contributed by atoms with E-state index in [4.69, 9.17) is 5.11 Å². The molecule has 3 aromatic rings. The molecule has 0 fully saturated rings. The summed E-state index contributed by atoms with van der Waals surface area (Å²) in [5.74, 6) is -0.278. The normalized spacial score (nSPS) is 10.9. The fourth-order valence-electron chi connectivity index (χ4n) is 1.62. The Kier molecular flexibility index (Phi) is 2.52. The third-order valence-electron chi connectivity index (χ3n) is 2.37. The number of rotatable bonds is 3. The van der Waals surface area contributed by atoms with Crippen LogP contribution in [0, 0.1) is 0 Å². The summed E-state index contributed by atoms with van der Waals surface area (Å²) in [7, 11) is 0. The molecule has 90 valence electrons. The second-order valence-electron chi connectivity index (χ2n) is 3.65. The number of aliphatic carboxylic acids is 1. The van der Waals surface area contributed by atoms with Crippen LogP contribution in [0.15, 0.2) is 30.3 Å². The van der Waals surface area contributed by atoms with Crippen molar-refractivity contribution < 1.29 is 9.90 Å². The Morgan fingerprint density at radius 2 is 2.06 bits per heavy atom. The summed E-state index contributed by atoms with van der Waals surface area (Å²) in [6.45, 7) is 0. The topological polar surface area (TPSA) is 80.4 Å². The standard InChI is InChI=1S/C11H8N4O2S/c16-9(17)6-8-14-15-10(12-13-11(15)18-8)7-4-2-1-3-5-7/h1-5H,6H2,(H,16,17). The summed E-state index contributed by atoms with van der Waals surface area (Å²) in [4.78, 5) is 11.2. The van der Waals surface area contributed by atoms with E-state index in [-0.39, 0.29) is 6.42 Å². The second-order valence-corrected chi connectivity index (χ2v) is 4.69. The molecule has 0 saturated heterocycles. The average molecular weight is 260 g/mol. The minimum atomic E-state index is -0.902. The van der Waals surface area contributed by atoms with E-state index in [1.54, 1.807) is 4.52 Å². The molecule has 3 rings (SSSR count). The van der Waals surface area contributed by atoms with Crippen molar-refractivity contribution in [2.45, 2.75) is 6.42 Å². The van der Waals surface area contributed by atoms with Gasteiger partial charge in [0.1, 0.15) is 5.01 Å². The number of hydrogen-bond donors (Lipinski definition) is 1. The molecule has 0 aliphatic rings. The van der Waals surface area contributed by atoms with E-state index in [0.717, 1.165) is 5.56 Å². The van der Waals surface area contributed by atoms with Crippen LogP contribution in [0.5, 0.6) is 0 Å². The summed E-state index contributed by atoms with van der Waals surface area (Å²) in [5.41, 5.74) is 0.900. The Morgan fingerprint density at radius 3 is 2.78 bits per heavy atom. The van der Waals surface area contributed by atoms with Crippen molar-refractivity contribution in [2.75, 3.05) is 0 Å². The molecular weight excluding hydrogens is 252 g/mol. The van der Waals surface area contributed by atoms with Gasteiger partial charge in [0, 0.05) is 5.56 Å². The van der Waals surface area contributed by atoms with Crippen molar-refractivity contribution in [3.8, 4) is 11.4 Å². The minimum Gasteiger partial charge on any atom is -0.481 e. The predicted octanol–water partition coefficient (Wildman–Crippen LogP) is 1.48. The molecular formula is C11H8N4O2S. The molecule has 2 aromatic heterocycles. The molecule has 0 atom stereocenters. The van der Waals surface area contributed by atoms with Gasteiger partial charge in [0.25, 0.3) is 0 Å². The molecule has 0 bridgehead atoms. The Hall–Kier alpha value is -2.28. The van der Waals surface area contributed by atoms with E-state index in [1.165, 1.54) is 11.3 Å². The number of carbonyl (C=O) groups is 1. The third kappa shape index (κ3) is 1.84. The zero-order valence-electron chi connectivity index (χ0n) is 9.15. The van der Waals surface area contributed by atoms with E-state index < -0.39 is 5.97 Å². The van der Waals surface area contributed by atoms with Gasteiger partial charge in [-0.25, -0.2) is 0 Å². The zero-order chi connectivity index (χ0) is 12.5. The Labute approximate surface area is 106 Å². The maximum absolute atomic E-state index is 10.6. The lowest BCUT2D eigenvalue weighted by Gasteiger charge is -1.94. The Bertz CT molecular complexity index is 704. The summed E-state index contributed by atoms with van der Waals surface area (Å²) in [6.07, 6.45) is -0.0950. The van der Waals surface area contributed by atoms with Crippen molar-refractivity contribution in [1.29, 1.82) is 0 Å². The number of nitrogens with zero attached hydrogens (tertiary/aromatic N) is 4. The number of benzene rings is 1. The van der Waals surface area contributed by atoms with Gasteiger partial charge in [-0.2, -0.15) is 9.61 Å². The molecule has 7 heteroatoms. The smallest absolute Gasteiger partial charge is 0.310 e. The monoisotopic (exact) mass is 260 g/mol. The van der Waals surface area contributed by atoms with Crippen molar-refractivity contribution in [3.05, 3.63) is 35.3 Å². The fourth-order valence-corrected chi connectivity index (χ4v) is 2.45. The molecule has 0 amide bonds. The van der Waals surface area contributed by atoms with E-state index in [2.05, 4.69) is 15.3 Å². The van der Waals surface area contributed by atoms with Crippen LogP contribution in [-0.4, -0.2) is 30.9 Å². The number of aromatic nitrogens is 4. The van der Waals surface area contributed by atoms with Crippen molar-refractivity contribution in [3.63, 3.8) is 0 Å². The molecule has 1 aromatic carbocycles. The van der Waals surface area contributed by atoms with Crippen molar-refractivity contribution in [1.82, 2.24) is 19.8 Å². The van der Waals surface area contributed by atoms with Gasteiger partial charge in [0.05, 0.1) is 6.42 Å². The minimum absolute atomic E-state index is 0.0950. The van der Waals surface area contributed by atoms with Gasteiger partial charge in [0.15, 0.2) is 5.82 Å². The van der Waals surface area contributed by atoms with E-state index >= 15 is 0 Å². The lowest BCUT2D eigenvalue weighted by atomic mass is 10.2. The quantitative estimate of drug-likeness (QED) is 0.771. The predicted molar refractivity (Wildman–Crippen MR) is 65.4 cm³/mol. The van der Waals surface area contributed by atoms with E-state index in [9.17, 15) is 4.79 Å². The second kappa shape index (κ2) is 4.19. The van der Waals surface area contributed by atoms with Crippen LogP contribution in [0.1, 0.15) is 5.01 Å². The lowest BCUT2D eigenvalue weighted by Crippen LogP contribution is -2.00. The number of hydrogen-bond acceptors (Lipinski definition) is 5. The van der Waals surface area contributed by atoms with E-state index in [0.29, 0.717) is 15.8 Å². The molecule has 1 N–H and O–H groups in total. The highest BCUT2D eigenvalue weighted by atomic mass is 32.1. The van der Waals surface area contributed by atoms with Gasteiger partial charge in [-0.1, -0.05) is 41.7 Å². The molecule has 18 heavy (non-hydrogen) atoms. The first kappa shape index (κ1) is 10.8. The van der Waals surface area contributed by atoms with Gasteiger partial charge in [0.2, 0.25) is 4.96 Å². The number of fused-ring (bicyclic) bond motifs is 1. The molecule has 0 spiro atoms. The van der Waals surface area contributed by atoms with Crippen LogP contribution in [-0.2, 0) is 11.2 Å². The van der Waals surface area contributed by atoms with Gasteiger partial charge in [-0.3, -0.25) is 4.79 Å². The van der Waals surface area contributed by atoms with Crippen LogP contribution >= 0.6 is 11.3 Å². The van der Waals surface area contributed by atoms with E-state index in [1.807, 2.05) is 30.3 Å². The number of carboxylic acids is 1. The summed E-state index contributed by atoms with van der Waals surface area (Å²) in [5, 5.41) is 21.5. The largest absolute Gasteiger partial charge is 0.481 e. The van der Waals surface area contributed by atoms with Crippen LogP contribution in [0.4, 0.5) is 0 Å². The van der Waals surface area contributed by atoms with Gasteiger partial charge in [-0.05, 0) is 0 Å². The van der Waals surface area contributed by atoms with Crippen LogP contribution in [0.25, 0.3) is 16.3 Å². The van der Waals surface area contributed by atoms with Crippen molar-refractivity contribution >= 4 is 22.3 Å². The lowest BCUT2D eigenvalue weighted by molar-refractivity contribution is -0.136. The first-order valence-electron chi connectivity index (χ1n) is 5.22. The summed E-state index contributed by atoms with van der Waals surface area (Å²) in [6, 6.07) is 9.54. The Balaban J connectivity index is 2.08. The molecule has 2 heterocycles. The van der Waals surface area contributed by atoms with Crippen LogP contribution in [0.2, 0.25) is 0 Å². The fraction of sp³-hybridized carbons (Fsp3) is 0.0909. The van der Waals surface area contributed by atoms with Gasteiger partial charge < -0.3 is 5.11 Å². The molecule has 6 nitrogen and oxygen atoms in total. The summed E-state index contributed by atoms with van der Waals surface area (Å²) < 4.78 is 1.58. The van der Waals surface area contributed by atoms with Gasteiger partial charge in [-0.15, -0.1) is 10.2 Å². The van der Waals surface area contributed by atoms with Gasteiger partial charge >= 0.3 is 5.97 Å². The maximum Gasteiger partial charge on any atom is 0.310 e. The number of carboxylic acid groups (broad SMARTS) is 1. The molecule has 0 saturated carbocycles. The molecule has 0 unspecified atom stereocenters. The first-order chi connectivity index (χ1) is 8.74. The maximum atomic E-state index is 10.6. The highest BCUT2D eigenvalue weighted by Crippen LogP contribution is 2.21. The average Bonchev–Trinajstić information content (AvgIpc) is 2.88. The molecule has 0 aliphatic carbocycles. The highest BCUT2D eigenvalue weighted by molar-refractivity contribution is 7.16. The van der Waals surface area contributed by atoms with Crippen molar-refractivity contribution in [2.24, 2.45) is 0 Å². The zero-order valence-corrected chi connectivity index (χ0v) is 9.96. The van der Waals surface area contributed by atoms with Crippen LogP contribution in [0.3, 0.4) is 0 Å². The van der Waals surface area contributed by atoms with Crippen LogP contribution < -0.4 is 0 Å².